The van der Waals surface area contributed by atoms with Crippen molar-refractivity contribution >= 4 is 11.8 Å². The number of amides is 2. The van der Waals surface area contributed by atoms with Crippen molar-refractivity contribution in [2.75, 3.05) is 20.2 Å². The fourth-order valence-corrected chi connectivity index (χ4v) is 1.51. The van der Waals surface area contributed by atoms with Gasteiger partial charge in [-0.1, -0.05) is 19.1 Å². The minimum absolute atomic E-state index is 0.00133. The highest BCUT2D eigenvalue weighted by Gasteiger charge is 2.07. The molecule has 0 bridgehead atoms. The molecule has 0 unspecified atom stereocenters. The van der Waals surface area contributed by atoms with Gasteiger partial charge in [0.15, 0.2) is 0 Å². The Morgan fingerprint density at radius 2 is 1.84 bits per heavy atom. The van der Waals surface area contributed by atoms with E-state index in [-0.39, 0.29) is 18.4 Å². The lowest BCUT2D eigenvalue weighted by atomic mass is 10.1. The zero-order valence-corrected chi connectivity index (χ0v) is 11.4. The minimum Gasteiger partial charge on any atom is -0.380 e. The summed E-state index contributed by atoms with van der Waals surface area (Å²) in [6, 6.07) is 7.09. The largest absolute Gasteiger partial charge is 0.380 e. The molecule has 1 aromatic rings. The Balaban J connectivity index is 2.42. The molecule has 2 amide bonds. The van der Waals surface area contributed by atoms with Crippen LogP contribution in [0.4, 0.5) is 0 Å². The average molecular weight is 264 g/mol. The van der Waals surface area contributed by atoms with E-state index in [4.69, 9.17) is 4.74 Å². The van der Waals surface area contributed by atoms with Crippen LogP contribution in [-0.2, 0) is 16.1 Å². The SMILES string of the molecule is CCCNC(=O)CNC(=O)c1ccc(COC)cc1. The van der Waals surface area contributed by atoms with Crippen LogP contribution in [-0.4, -0.2) is 32.0 Å². The third-order valence-electron chi connectivity index (χ3n) is 2.51. The molecule has 1 aromatic carbocycles. The zero-order chi connectivity index (χ0) is 14.1. The van der Waals surface area contributed by atoms with Gasteiger partial charge in [0.2, 0.25) is 5.91 Å². The Morgan fingerprint density at radius 1 is 1.16 bits per heavy atom. The summed E-state index contributed by atoms with van der Waals surface area (Å²) in [7, 11) is 1.62. The Kier molecular flexibility index (Phi) is 6.60. The van der Waals surface area contributed by atoms with Crippen LogP contribution >= 0.6 is 0 Å². The van der Waals surface area contributed by atoms with E-state index in [1.807, 2.05) is 19.1 Å². The topological polar surface area (TPSA) is 67.4 Å². The number of carbonyl (C=O) groups excluding carboxylic acids is 2. The summed E-state index contributed by atoms with van der Waals surface area (Å²) < 4.78 is 4.99. The van der Waals surface area contributed by atoms with Crippen LogP contribution < -0.4 is 10.6 Å². The fraction of sp³-hybridized carbons (Fsp3) is 0.429. The molecule has 104 valence electrons. The van der Waals surface area contributed by atoms with E-state index in [2.05, 4.69) is 10.6 Å². The maximum atomic E-state index is 11.8. The molecule has 0 aromatic heterocycles. The van der Waals surface area contributed by atoms with Crippen LogP contribution in [0.3, 0.4) is 0 Å². The molecule has 5 heteroatoms. The van der Waals surface area contributed by atoms with E-state index < -0.39 is 0 Å². The molecule has 0 atom stereocenters. The molecule has 19 heavy (non-hydrogen) atoms. The molecule has 0 spiro atoms. The second-order valence-corrected chi connectivity index (χ2v) is 4.16. The number of hydrogen-bond donors (Lipinski definition) is 2. The van der Waals surface area contributed by atoms with Crippen molar-refractivity contribution < 1.29 is 14.3 Å². The first-order valence-electron chi connectivity index (χ1n) is 6.30. The summed E-state index contributed by atoms with van der Waals surface area (Å²) in [4.78, 5) is 23.1. The van der Waals surface area contributed by atoms with E-state index in [9.17, 15) is 9.59 Å². The molecular weight excluding hydrogens is 244 g/mol. The summed E-state index contributed by atoms with van der Waals surface area (Å²) in [5, 5.41) is 5.27. The van der Waals surface area contributed by atoms with Crippen molar-refractivity contribution in [2.24, 2.45) is 0 Å². The number of ether oxygens (including phenoxy) is 1. The van der Waals surface area contributed by atoms with Gasteiger partial charge in [-0.3, -0.25) is 9.59 Å². The van der Waals surface area contributed by atoms with Gasteiger partial charge in [0.05, 0.1) is 13.2 Å². The number of carbonyl (C=O) groups is 2. The lowest BCUT2D eigenvalue weighted by Gasteiger charge is -2.06. The van der Waals surface area contributed by atoms with Crippen molar-refractivity contribution in [3.05, 3.63) is 35.4 Å². The molecular formula is C14H20N2O3. The Morgan fingerprint density at radius 3 is 2.42 bits per heavy atom. The van der Waals surface area contributed by atoms with Crippen molar-refractivity contribution in [3.8, 4) is 0 Å². The summed E-state index contributed by atoms with van der Waals surface area (Å²) in [6.07, 6.45) is 0.876. The molecule has 0 radical (unpaired) electrons. The van der Waals surface area contributed by atoms with Crippen molar-refractivity contribution in [2.45, 2.75) is 20.0 Å². The number of methoxy groups -OCH3 is 1. The van der Waals surface area contributed by atoms with E-state index >= 15 is 0 Å². The van der Waals surface area contributed by atoms with Gasteiger partial charge in [0, 0.05) is 19.2 Å². The molecule has 2 N–H and O–H groups in total. The van der Waals surface area contributed by atoms with Crippen molar-refractivity contribution in [1.82, 2.24) is 10.6 Å². The Hall–Kier alpha value is -1.88. The second kappa shape index (κ2) is 8.26. The van der Waals surface area contributed by atoms with E-state index in [0.717, 1.165) is 12.0 Å². The first kappa shape index (κ1) is 15.2. The monoisotopic (exact) mass is 264 g/mol. The number of benzene rings is 1. The highest BCUT2D eigenvalue weighted by molar-refractivity contribution is 5.96. The predicted molar refractivity (Wildman–Crippen MR) is 72.8 cm³/mol. The number of hydrogen-bond acceptors (Lipinski definition) is 3. The maximum Gasteiger partial charge on any atom is 0.251 e. The van der Waals surface area contributed by atoms with Crippen molar-refractivity contribution in [1.29, 1.82) is 0 Å². The maximum absolute atomic E-state index is 11.8. The summed E-state index contributed by atoms with van der Waals surface area (Å²) in [6.45, 7) is 3.11. The van der Waals surface area contributed by atoms with Crippen LogP contribution in [0.1, 0.15) is 29.3 Å². The third-order valence-corrected chi connectivity index (χ3v) is 2.51. The van der Waals surface area contributed by atoms with E-state index in [1.54, 1.807) is 19.2 Å². The normalized spacial score (nSPS) is 10.0. The van der Waals surface area contributed by atoms with Crippen LogP contribution in [0.25, 0.3) is 0 Å². The van der Waals surface area contributed by atoms with Gasteiger partial charge in [-0.05, 0) is 24.1 Å². The molecule has 0 saturated carbocycles. The smallest absolute Gasteiger partial charge is 0.251 e. The number of nitrogens with one attached hydrogen (secondary N) is 2. The van der Waals surface area contributed by atoms with Gasteiger partial charge in [0.1, 0.15) is 0 Å². The lowest BCUT2D eigenvalue weighted by Crippen LogP contribution is -2.37. The number of rotatable bonds is 7. The first-order chi connectivity index (χ1) is 9.17. The molecule has 0 saturated heterocycles. The predicted octanol–water partition coefficient (Wildman–Crippen LogP) is 1.09. The highest BCUT2D eigenvalue weighted by Crippen LogP contribution is 2.05. The second-order valence-electron chi connectivity index (χ2n) is 4.16. The zero-order valence-electron chi connectivity index (χ0n) is 11.4. The average Bonchev–Trinajstić information content (AvgIpc) is 2.43. The van der Waals surface area contributed by atoms with E-state index in [0.29, 0.717) is 18.7 Å². The van der Waals surface area contributed by atoms with Crippen molar-refractivity contribution in [3.63, 3.8) is 0 Å². The molecule has 1 rings (SSSR count). The lowest BCUT2D eigenvalue weighted by molar-refractivity contribution is -0.120. The highest BCUT2D eigenvalue weighted by atomic mass is 16.5. The standard InChI is InChI=1S/C14H20N2O3/c1-3-8-15-13(17)9-16-14(18)12-6-4-11(5-7-12)10-19-2/h4-7H,3,8-10H2,1-2H3,(H,15,17)(H,16,18). The fourth-order valence-electron chi connectivity index (χ4n) is 1.51. The van der Waals surface area contributed by atoms with Gasteiger partial charge in [-0.2, -0.15) is 0 Å². The van der Waals surface area contributed by atoms with Crippen LogP contribution in [0.15, 0.2) is 24.3 Å². The minimum atomic E-state index is -0.254. The van der Waals surface area contributed by atoms with Gasteiger partial charge in [-0.15, -0.1) is 0 Å². The summed E-state index contributed by atoms with van der Waals surface area (Å²) in [5.74, 6) is -0.429. The van der Waals surface area contributed by atoms with E-state index in [1.165, 1.54) is 0 Å². The summed E-state index contributed by atoms with van der Waals surface area (Å²) in [5.41, 5.74) is 1.53. The van der Waals surface area contributed by atoms with Crippen LogP contribution in [0.5, 0.6) is 0 Å². The van der Waals surface area contributed by atoms with Gasteiger partial charge >= 0.3 is 0 Å². The quantitative estimate of drug-likeness (QED) is 0.774. The van der Waals surface area contributed by atoms with Gasteiger partial charge < -0.3 is 15.4 Å². The Bertz CT molecular complexity index is 415. The molecule has 0 heterocycles. The Labute approximate surface area is 113 Å². The molecule has 0 aliphatic carbocycles. The third kappa shape index (κ3) is 5.52. The van der Waals surface area contributed by atoms with Crippen LogP contribution in [0.2, 0.25) is 0 Å². The molecule has 5 nitrogen and oxygen atoms in total. The first-order valence-corrected chi connectivity index (χ1v) is 6.30. The molecule has 0 fully saturated rings. The summed E-state index contributed by atoms with van der Waals surface area (Å²) >= 11 is 0. The van der Waals surface area contributed by atoms with Crippen LogP contribution in [0, 0.1) is 0 Å². The molecule has 0 aliphatic heterocycles. The molecule has 0 aliphatic rings. The van der Waals surface area contributed by atoms with Gasteiger partial charge in [0.25, 0.3) is 5.91 Å². The van der Waals surface area contributed by atoms with Gasteiger partial charge in [-0.25, -0.2) is 0 Å².